The first-order chi connectivity index (χ1) is 13.0. The van der Waals surface area contributed by atoms with Gasteiger partial charge in [-0.15, -0.1) is 11.8 Å². The van der Waals surface area contributed by atoms with Crippen molar-refractivity contribution < 1.29 is 9.59 Å². The van der Waals surface area contributed by atoms with E-state index in [2.05, 4.69) is 11.4 Å². The molecular weight excluding hydrogens is 358 g/mol. The maximum absolute atomic E-state index is 12.9. The molecule has 27 heavy (non-hydrogen) atoms. The summed E-state index contributed by atoms with van der Waals surface area (Å²) in [6, 6.07) is 15.3. The van der Waals surface area contributed by atoms with E-state index in [-0.39, 0.29) is 24.4 Å². The van der Waals surface area contributed by atoms with E-state index in [1.807, 2.05) is 67.6 Å². The Morgan fingerprint density at radius 2 is 1.89 bits per heavy atom. The molecule has 0 bridgehead atoms. The Labute approximate surface area is 164 Å². The number of benzene rings is 2. The number of hydrogen-bond donors (Lipinski definition) is 1. The van der Waals surface area contributed by atoms with Crippen LogP contribution in [-0.2, 0) is 16.0 Å². The molecule has 1 aliphatic heterocycles. The molecule has 2 aromatic rings. The molecule has 5 nitrogen and oxygen atoms in total. The monoisotopic (exact) mass is 383 g/mol. The van der Waals surface area contributed by atoms with Gasteiger partial charge in [-0.25, -0.2) is 0 Å². The summed E-state index contributed by atoms with van der Waals surface area (Å²) in [5.41, 5.74) is 2.99. The van der Waals surface area contributed by atoms with Crippen molar-refractivity contribution in [2.75, 3.05) is 36.6 Å². The van der Waals surface area contributed by atoms with Gasteiger partial charge in [0.05, 0.1) is 18.3 Å². The first-order valence-corrected chi connectivity index (χ1v) is 10.3. The van der Waals surface area contributed by atoms with Crippen LogP contribution in [0, 0.1) is 0 Å². The molecule has 6 heteroatoms. The molecule has 142 valence electrons. The third-order valence-corrected chi connectivity index (χ3v) is 5.74. The molecule has 2 aromatic carbocycles. The lowest BCUT2D eigenvalue weighted by Gasteiger charge is -2.28. The molecule has 2 amide bonds. The van der Waals surface area contributed by atoms with Gasteiger partial charge in [-0.05, 0) is 50.4 Å². The molecule has 0 spiro atoms. The Morgan fingerprint density at radius 1 is 1.19 bits per heavy atom. The smallest absolute Gasteiger partial charge is 0.244 e. The van der Waals surface area contributed by atoms with Crippen molar-refractivity contribution in [3.8, 4) is 0 Å². The zero-order valence-electron chi connectivity index (χ0n) is 15.9. The van der Waals surface area contributed by atoms with E-state index in [1.165, 1.54) is 5.56 Å². The van der Waals surface area contributed by atoms with Gasteiger partial charge in [0, 0.05) is 17.1 Å². The third-order valence-electron chi connectivity index (χ3n) is 4.95. The minimum atomic E-state index is -0.377. The van der Waals surface area contributed by atoms with Crippen molar-refractivity contribution in [1.29, 1.82) is 0 Å². The topological polar surface area (TPSA) is 52.7 Å². The van der Waals surface area contributed by atoms with E-state index < -0.39 is 0 Å². The Morgan fingerprint density at radius 3 is 2.67 bits per heavy atom. The molecule has 0 unspecified atom stereocenters. The number of anilines is 2. The fourth-order valence-electron chi connectivity index (χ4n) is 3.28. The van der Waals surface area contributed by atoms with Gasteiger partial charge in [0.15, 0.2) is 0 Å². The predicted molar refractivity (Wildman–Crippen MR) is 111 cm³/mol. The second-order valence-corrected chi connectivity index (χ2v) is 7.56. The third kappa shape index (κ3) is 4.34. The Hall–Kier alpha value is -2.31. The Bertz CT molecular complexity index is 840. The maximum atomic E-state index is 12.9. The molecule has 0 fully saturated rings. The lowest BCUT2D eigenvalue weighted by atomic mass is 10.2. The fraction of sp³-hybridized carbons (Fsp3) is 0.333. The van der Waals surface area contributed by atoms with Gasteiger partial charge < -0.3 is 10.2 Å². The molecule has 0 aromatic heterocycles. The number of para-hydroxylation sites is 2. The summed E-state index contributed by atoms with van der Waals surface area (Å²) in [6.07, 6.45) is 2.86. The molecule has 1 N–H and O–H groups in total. The van der Waals surface area contributed by atoms with Crippen molar-refractivity contribution in [2.45, 2.75) is 24.3 Å². The molecule has 0 saturated carbocycles. The largest absolute Gasteiger partial charge is 0.324 e. The highest BCUT2D eigenvalue weighted by molar-refractivity contribution is 7.98. The zero-order valence-corrected chi connectivity index (χ0v) is 16.8. The minimum absolute atomic E-state index is 0.0276. The van der Waals surface area contributed by atoms with Crippen LogP contribution in [0.1, 0.15) is 12.5 Å². The predicted octanol–water partition coefficient (Wildman–Crippen LogP) is 3.26. The number of thioether (sulfide) groups is 1. The van der Waals surface area contributed by atoms with Crippen molar-refractivity contribution in [2.24, 2.45) is 0 Å². The second kappa shape index (κ2) is 8.59. The van der Waals surface area contributed by atoms with Crippen LogP contribution in [0.25, 0.3) is 0 Å². The number of nitrogens with one attached hydrogen (secondary N) is 1. The Kier molecular flexibility index (Phi) is 6.19. The number of likely N-dealkylation sites (N-methyl/N-ethyl adjacent to an activating group) is 1. The molecule has 1 atom stereocenters. The normalized spacial score (nSPS) is 14.1. The molecule has 3 rings (SSSR count). The summed E-state index contributed by atoms with van der Waals surface area (Å²) >= 11 is 1.59. The van der Waals surface area contributed by atoms with Gasteiger partial charge in [-0.3, -0.25) is 14.5 Å². The highest BCUT2D eigenvalue weighted by atomic mass is 32.2. The van der Waals surface area contributed by atoms with Gasteiger partial charge in [0.25, 0.3) is 0 Å². The van der Waals surface area contributed by atoms with E-state index in [0.717, 1.165) is 22.7 Å². The molecule has 0 radical (unpaired) electrons. The van der Waals surface area contributed by atoms with E-state index in [1.54, 1.807) is 16.7 Å². The van der Waals surface area contributed by atoms with E-state index in [0.29, 0.717) is 6.54 Å². The maximum Gasteiger partial charge on any atom is 0.244 e. The molecule has 1 heterocycles. The van der Waals surface area contributed by atoms with Crippen LogP contribution < -0.4 is 10.2 Å². The average molecular weight is 384 g/mol. The lowest BCUT2D eigenvalue weighted by molar-refractivity contribution is -0.124. The lowest BCUT2D eigenvalue weighted by Crippen LogP contribution is -2.47. The zero-order chi connectivity index (χ0) is 19.4. The van der Waals surface area contributed by atoms with Gasteiger partial charge >= 0.3 is 0 Å². The number of carbonyl (C=O) groups excluding carboxylic acids is 2. The molecular formula is C21H25N3O2S. The standard InChI is InChI=1S/C21H25N3O2S/c1-15(21(26)24-13-12-16-8-4-6-10-18(16)24)23(2)14-20(25)22-17-9-5-7-11-19(17)27-3/h4-11,15H,12-14H2,1-3H3,(H,22,25)/t15-/m1/s1. The van der Waals surface area contributed by atoms with E-state index in [9.17, 15) is 9.59 Å². The highest BCUT2D eigenvalue weighted by Gasteiger charge is 2.30. The fourth-order valence-corrected chi connectivity index (χ4v) is 3.84. The second-order valence-electron chi connectivity index (χ2n) is 6.71. The van der Waals surface area contributed by atoms with Crippen molar-refractivity contribution >= 4 is 35.0 Å². The number of rotatable bonds is 6. The average Bonchev–Trinajstić information content (AvgIpc) is 3.11. The van der Waals surface area contributed by atoms with Crippen LogP contribution in [0.15, 0.2) is 53.4 Å². The Balaban J connectivity index is 1.61. The number of amides is 2. The first kappa shape index (κ1) is 19.5. The number of hydrogen-bond acceptors (Lipinski definition) is 4. The van der Waals surface area contributed by atoms with Gasteiger partial charge in [-0.2, -0.15) is 0 Å². The van der Waals surface area contributed by atoms with Crippen LogP contribution in [0.3, 0.4) is 0 Å². The summed E-state index contributed by atoms with van der Waals surface area (Å²) in [4.78, 5) is 30.0. The molecule has 0 saturated heterocycles. The summed E-state index contributed by atoms with van der Waals surface area (Å²) in [6.45, 7) is 2.71. The number of fused-ring (bicyclic) bond motifs is 1. The summed E-state index contributed by atoms with van der Waals surface area (Å²) in [5, 5.41) is 2.94. The van der Waals surface area contributed by atoms with Gasteiger partial charge in [0.2, 0.25) is 11.8 Å². The van der Waals surface area contributed by atoms with Crippen LogP contribution in [0.5, 0.6) is 0 Å². The number of carbonyl (C=O) groups is 2. The van der Waals surface area contributed by atoms with Crippen LogP contribution in [-0.4, -0.2) is 49.1 Å². The van der Waals surface area contributed by atoms with Crippen LogP contribution in [0.2, 0.25) is 0 Å². The highest BCUT2D eigenvalue weighted by Crippen LogP contribution is 2.28. The molecule has 1 aliphatic rings. The summed E-state index contributed by atoms with van der Waals surface area (Å²) < 4.78 is 0. The van der Waals surface area contributed by atoms with E-state index in [4.69, 9.17) is 0 Å². The van der Waals surface area contributed by atoms with Crippen molar-refractivity contribution in [3.05, 3.63) is 54.1 Å². The number of nitrogens with zero attached hydrogens (tertiary/aromatic N) is 2. The van der Waals surface area contributed by atoms with Crippen molar-refractivity contribution in [1.82, 2.24) is 4.90 Å². The van der Waals surface area contributed by atoms with Gasteiger partial charge in [0.1, 0.15) is 0 Å². The van der Waals surface area contributed by atoms with Crippen LogP contribution in [0.4, 0.5) is 11.4 Å². The van der Waals surface area contributed by atoms with Crippen molar-refractivity contribution in [3.63, 3.8) is 0 Å². The molecule has 0 aliphatic carbocycles. The first-order valence-electron chi connectivity index (χ1n) is 9.03. The van der Waals surface area contributed by atoms with E-state index >= 15 is 0 Å². The minimum Gasteiger partial charge on any atom is -0.324 e. The quantitative estimate of drug-likeness (QED) is 0.778. The SMILES string of the molecule is CSc1ccccc1NC(=O)CN(C)[C@H](C)C(=O)N1CCc2ccccc21. The summed E-state index contributed by atoms with van der Waals surface area (Å²) in [7, 11) is 1.81. The van der Waals surface area contributed by atoms with Crippen LogP contribution >= 0.6 is 11.8 Å². The summed E-state index contributed by atoms with van der Waals surface area (Å²) in [5.74, 6) is -0.0970. The van der Waals surface area contributed by atoms with Gasteiger partial charge in [-0.1, -0.05) is 30.3 Å².